The third-order valence-electron chi connectivity index (χ3n) is 2.23. The van der Waals surface area contributed by atoms with Crippen LogP contribution >= 0.6 is 0 Å². The molecular weight excluding hydrogens is 198 g/mol. The fraction of sp³-hybridized carbons (Fsp3) is 0.800. The van der Waals surface area contributed by atoms with Gasteiger partial charge in [0.1, 0.15) is 6.61 Å². The number of carboxylic acids is 1. The Bertz CT molecular complexity index is 225. The van der Waals surface area contributed by atoms with Crippen LogP contribution in [0.3, 0.4) is 0 Å². The molecule has 0 bridgehead atoms. The first kappa shape index (κ1) is 12.0. The topological polar surface area (TPSA) is 66.6 Å². The van der Waals surface area contributed by atoms with E-state index < -0.39 is 5.97 Å². The molecule has 1 saturated heterocycles. The Kier molecular flexibility index (Phi) is 5.10. The van der Waals surface area contributed by atoms with Crippen LogP contribution < -0.4 is 0 Å². The summed E-state index contributed by atoms with van der Waals surface area (Å²) in [6.45, 7) is 3.49. The molecule has 1 fully saturated rings. The molecule has 1 heterocycles. The summed E-state index contributed by atoms with van der Waals surface area (Å²) in [6, 6.07) is 0. The van der Waals surface area contributed by atoms with Crippen molar-refractivity contribution >= 4 is 11.9 Å². The van der Waals surface area contributed by atoms with E-state index >= 15 is 0 Å². The number of unbranched alkanes of at least 4 members (excludes halogenated alkanes) is 1. The van der Waals surface area contributed by atoms with Gasteiger partial charge in [0, 0.05) is 32.5 Å². The van der Waals surface area contributed by atoms with E-state index in [9.17, 15) is 9.59 Å². The van der Waals surface area contributed by atoms with E-state index in [-0.39, 0.29) is 12.4 Å². The van der Waals surface area contributed by atoms with Gasteiger partial charge in [-0.3, -0.25) is 14.5 Å². The van der Waals surface area contributed by atoms with E-state index in [1.54, 1.807) is 0 Å². The summed E-state index contributed by atoms with van der Waals surface area (Å²) in [5.41, 5.74) is 0. The Balaban J connectivity index is 1.86. The standard InChI is InChI=1S/C10H17NO4/c12-9(13)3-1-2-4-10(14)15-8-7-11-5-6-11/h1-8H2,(H,12,13). The van der Waals surface area contributed by atoms with Crippen molar-refractivity contribution in [3.63, 3.8) is 0 Å². The van der Waals surface area contributed by atoms with Crippen LogP contribution in [0, 0.1) is 0 Å². The lowest BCUT2D eigenvalue weighted by Gasteiger charge is -2.04. The second-order valence-electron chi connectivity index (χ2n) is 3.66. The summed E-state index contributed by atoms with van der Waals surface area (Å²) in [4.78, 5) is 23.5. The molecule has 0 aromatic carbocycles. The maximum Gasteiger partial charge on any atom is 0.305 e. The van der Waals surface area contributed by atoms with Crippen LogP contribution in [0.25, 0.3) is 0 Å². The Morgan fingerprint density at radius 1 is 1.20 bits per heavy atom. The van der Waals surface area contributed by atoms with Gasteiger partial charge < -0.3 is 9.84 Å². The summed E-state index contributed by atoms with van der Waals surface area (Å²) in [7, 11) is 0. The van der Waals surface area contributed by atoms with Crippen LogP contribution in [0.5, 0.6) is 0 Å². The second kappa shape index (κ2) is 6.40. The van der Waals surface area contributed by atoms with Crippen molar-refractivity contribution < 1.29 is 19.4 Å². The highest BCUT2D eigenvalue weighted by Crippen LogP contribution is 2.03. The van der Waals surface area contributed by atoms with E-state index in [1.807, 2.05) is 0 Å². The lowest BCUT2D eigenvalue weighted by Crippen LogP contribution is -2.13. The van der Waals surface area contributed by atoms with Crippen LogP contribution in [0.1, 0.15) is 25.7 Å². The molecule has 1 aliphatic rings. The first-order chi connectivity index (χ1) is 7.18. The Morgan fingerprint density at radius 2 is 1.87 bits per heavy atom. The van der Waals surface area contributed by atoms with Crippen LogP contribution in [0.15, 0.2) is 0 Å². The van der Waals surface area contributed by atoms with Gasteiger partial charge in [-0.25, -0.2) is 0 Å². The SMILES string of the molecule is O=C(O)CCCCC(=O)OCCN1CC1. The van der Waals surface area contributed by atoms with Crippen LogP contribution in [0.2, 0.25) is 0 Å². The summed E-state index contributed by atoms with van der Waals surface area (Å²) < 4.78 is 4.97. The molecule has 5 heteroatoms. The number of carbonyl (C=O) groups is 2. The molecule has 0 saturated carbocycles. The Labute approximate surface area is 89.0 Å². The number of carboxylic acid groups (broad SMARTS) is 1. The highest BCUT2D eigenvalue weighted by Gasteiger charge is 2.16. The first-order valence-corrected chi connectivity index (χ1v) is 5.28. The minimum absolute atomic E-state index is 0.126. The quantitative estimate of drug-likeness (QED) is 0.362. The van der Waals surface area contributed by atoms with Crippen molar-refractivity contribution in [2.75, 3.05) is 26.2 Å². The first-order valence-electron chi connectivity index (χ1n) is 5.28. The van der Waals surface area contributed by atoms with Gasteiger partial charge >= 0.3 is 11.9 Å². The maximum absolute atomic E-state index is 11.1. The molecule has 1 rings (SSSR count). The third kappa shape index (κ3) is 6.90. The van der Waals surface area contributed by atoms with Gasteiger partial charge in [-0.15, -0.1) is 0 Å². The summed E-state index contributed by atoms with van der Waals surface area (Å²) in [5, 5.41) is 8.37. The summed E-state index contributed by atoms with van der Waals surface area (Å²) >= 11 is 0. The zero-order chi connectivity index (χ0) is 11.1. The Morgan fingerprint density at radius 3 is 2.47 bits per heavy atom. The van der Waals surface area contributed by atoms with Crippen LogP contribution in [-0.2, 0) is 14.3 Å². The molecule has 0 aromatic rings. The predicted octanol–water partition coefficient (Wildman–Crippen LogP) is 0.490. The number of esters is 1. The minimum Gasteiger partial charge on any atom is -0.481 e. The van der Waals surface area contributed by atoms with Crippen molar-refractivity contribution in [1.82, 2.24) is 4.90 Å². The van der Waals surface area contributed by atoms with E-state index in [0.29, 0.717) is 25.9 Å². The molecule has 1 N–H and O–H groups in total. The normalized spacial score (nSPS) is 14.9. The minimum atomic E-state index is -0.815. The van der Waals surface area contributed by atoms with Gasteiger partial charge in [0.15, 0.2) is 0 Å². The summed E-state index contributed by atoms with van der Waals surface area (Å²) in [6.07, 6.45) is 1.58. The second-order valence-corrected chi connectivity index (χ2v) is 3.66. The highest BCUT2D eigenvalue weighted by molar-refractivity contribution is 5.69. The van der Waals surface area contributed by atoms with E-state index in [2.05, 4.69) is 4.90 Å². The number of hydrogen-bond donors (Lipinski definition) is 1. The van der Waals surface area contributed by atoms with E-state index in [0.717, 1.165) is 19.6 Å². The molecule has 86 valence electrons. The predicted molar refractivity (Wildman–Crippen MR) is 53.5 cm³/mol. The van der Waals surface area contributed by atoms with E-state index in [1.165, 1.54) is 0 Å². The molecule has 15 heavy (non-hydrogen) atoms. The highest BCUT2D eigenvalue weighted by atomic mass is 16.5. The van der Waals surface area contributed by atoms with Crippen LogP contribution in [-0.4, -0.2) is 48.2 Å². The molecule has 0 aromatic heterocycles. The zero-order valence-electron chi connectivity index (χ0n) is 8.78. The van der Waals surface area contributed by atoms with Crippen molar-refractivity contribution in [3.05, 3.63) is 0 Å². The lowest BCUT2D eigenvalue weighted by atomic mass is 10.2. The van der Waals surface area contributed by atoms with Crippen molar-refractivity contribution in [1.29, 1.82) is 0 Å². The van der Waals surface area contributed by atoms with E-state index in [4.69, 9.17) is 9.84 Å². The molecule has 0 atom stereocenters. The van der Waals surface area contributed by atoms with Crippen molar-refractivity contribution in [2.24, 2.45) is 0 Å². The van der Waals surface area contributed by atoms with Gasteiger partial charge in [0.2, 0.25) is 0 Å². The average molecular weight is 215 g/mol. The van der Waals surface area contributed by atoms with Gasteiger partial charge in [0.25, 0.3) is 0 Å². The molecule has 0 aliphatic carbocycles. The number of carbonyl (C=O) groups excluding carboxylic acids is 1. The van der Waals surface area contributed by atoms with Gasteiger partial charge in [-0.1, -0.05) is 0 Å². The van der Waals surface area contributed by atoms with Gasteiger partial charge in [0.05, 0.1) is 0 Å². The Hall–Kier alpha value is -1.10. The molecule has 0 radical (unpaired) electrons. The number of nitrogens with zero attached hydrogens (tertiary/aromatic N) is 1. The molecule has 0 unspecified atom stereocenters. The molecule has 1 aliphatic heterocycles. The summed E-state index contributed by atoms with van der Waals surface area (Å²) in [5.74, 6) is -1.04. The van der Waals surface area contributed by atoms with Crippen LogP contribution in [0.4, 0.5) is 0 Å². The van der Waals surface area contributed by atoms with Crippen molar-refractivity contribution in [2.45, 2.75) is 25.7 Å². The molecule has 5 nitrogen and oxygen atoms in total. The van der Waals surface area contributed by atoms with Crippen molar-refractivity contribution in [3.8, 4) is 0 Å². The number of ether oxygens (including phenoxy) is 1. The fourth-order valence-electron chi connectivity index (χ4n) is 1.20. The molecular formula is C10H17NO4. The number of hydrogen-bond acceptors (Lipinski definition) is 4. The largest absolute Gasteiger partial charge is 0.481 e. The number of aliphatic carboxylic acids is 1. The fourth-order valence-corrected chi connectivity index (χ4v) is 1.20. The van der Waals surface area contributed by atoms with Gasteiger partial charge in [-0.2, -0.15) is 0 Å². The average Bonchev–Trinajstić information content (AvgIpc) is 2.96. The maximum atomic E-state index is 11.1. The lowest BCUT2D eigenvalue weighted by molar-refractivity contribution is -0.144. The third-order valence-corrected chi connectivity index (χ3v) is 2.23. The zero-order valence-corrected chi connectivity index (χ0v) is 8.78. The number of rotatable bonds is 8. The molecule has 0 spiro atoms. The molecule has 0 amide bonds. The monoisotopic (exact) mass is 215 g/mol. The smallest absolute Gasteiger partial charge is 0.305 e. The van der Waals surface area contributed by atoms with Gasteiger partial charge in [-0.05, 0) is 12.8 Å².